The van der Waals surface area contributed by atoms with Gasteiger partial charge in [-0.2, -0.15) is 0 Å². The lowest BCUT2D eigenvalue weighted by atomic mass is 10.1. The molecular weight excluding hydrogens is 238 g/mol. The molecule has 1 atom stereocenters. The van der Waals surface area contributed by atoms with Gasteiger partial charge in [-0.25, -0.2) is 4.98 Å². The van der Waals surface area contributed by atoms with Crippen LogP contribution in [-0.4, -0.2) is 34.9 Å². The molecule has 0 radical (unpaired) electrons. The van der Waals surface area contributed by atoms with E-state index < -0.39 is 0 Å². The molecule has 1 aliphatic heterocycles. The number of carbonyl (C=O) groups excluding carboxylic acids is 1. The van der Waals surface area contributed by atoms with Crippen molar-refractivity contribution >= 4 is 11.7 Å². The number of likely N-dealkylation sites (tertiary alicyclic amines) is 1. The number of carbonyl (C=O) groups is 1. The molecule has 1 aliphatic rings. The highest BCUT2D eigenvalue weighted by molar-refractivity contribution is 5.94. The fourth-order valence-electron chi connectivity index (χ4n) is 2.46. The van der Waals surface area contributed by atoms with Crippen LogP contribution in [0.15, 0.2) is 24.4 Å². The third kappa shape index (κ3) is 4.03. The largest absolute Gasteiger partial charge is 0.309 e. The van der Waals surface area contributed by atoms with Crippen LogP contribution in [0.25, 0.3) is 0 Å². The molecular formula is C15H23N3O. The summed E-state index contributed by atoms with van der Waals surface area (Å²) in [7, 11) is 0. The molecule has 0 aliphatic carbocycles. The summed E-state index contributed by atoms with van der Waals surface area (Å²) in [6.45, 7) is 6.49. The van der Waals surface area contributed by atoms with E-state index in [2.05, 4.69) is 29.0 Å². The maximum Gasteiger partial charge on any atom is 0.242 e. The van der Waals surface area contributed by atoms with E-state index in [4.69, 9.17) is 0 Å². The van der Waals surface area contributed by atoms with Crippen LogP contribution >= 0.6 is 0 Å². The molecule has 1 aromatic rings. The summed E-state index contributed by atoms with van der Waals surface area (Å²) in [6.07, 6.45) is 4.91. The minimum Gasteiger partial charge on any atom is -0.309 e. The standard InChI is InChI=1S/C15H23N3O/c1-12(2)8-11-18-10-5-6-13(18)15(19)17-14-7-3-4-9-16-14/h3-4,7,9,12-13H,5-6,8,10-11H2,1-2H3,(H,16,17,19)/t13-/m0/s1. The van der Waals surface area contributed by atoms with Gasteiger partial charge in [0.25, 0.3) is 0 Å². The average molecular weight is 261 g/mol. The van der Waals surface area contributed by atoms with Gasteiger partial charge in [0.2, 0.25) is 5.91 Å². The van der Waals surface area contributed by atoms with Crippen molar-refractivity contribution in [2.45, 2.75) is 39.2 Å². The Hall–Kier alpha value is -1.42. The Bertz CT molecular complexity index is 405. The maximum atomic E-state index is 12.3. The molecule has 2 heterocycles. The number of amides is 1. The third-order valence-corrected chi connectivity index (χ3v) is 3.58. The van der Waals surface area contributed by atoms with Gasteiger partial charge < -0.3 is 5.32 Å². The molecule has 1 amide bonds. The molecule has 0 saturated carbocycles. The van der Waals surface area contributed by atoms with E-state index >= 15 is 0 Å². The molecule has 1 N–H and O–H groups in total. The molecule has 4 heteroatoms. The second-order valence-corrected chi connectivity index (χ2v) is 5.58. The van der Waals surface area contributed by atoms with E-state index in [9.17, 15) is 4.79 Å². The molecule has 4 nitrogen and oxygen atoms in total. The zero-order chi connectivity index (χ0) is 13.7. The van der Waals surface area contributed by atoms with Crippen molar-refractivity contribution in [1.29, 1.82) is 0 Å². The van der Waals surface area contributed by atoms with Crippen LogP contribution in [0.4, 0.5) is 5.82 Å². The van der Waals surface area contributed by atoms with Gasteiger partial charge in [-0.05, 0) is 50.4 Å². The zero-order valence-electron chi connectivity index (χ0n) is 11.8. The minimum absolute atomic E-state index is 0.0146. The molecule has 0 spiro atoms. The maximum absolute atomic E-state index is 12.3. The number of pyridine rings is 1. The molecule has 2 rings (SSSR count). The molecule has 1 fully saturated rings. The van der Waals surface area contributed by atoms with Crippen molar-refractivity contribution in [3.63, 3.8) is 0 Å². The SMILES string of the molecule is CC(C)CCN1CCC[C@H]1C(=O)Nc1ccccn1. The first-order valence-electron chi connectivity index (χ1n) is 7.13. The zero-order valence-corrected chi connectivity index (χ0v) is 11.8. The number of hydrogen-bond acceptors (Lipinski definition) is 3. The van der Waals surface area contributed by atoms with E-state index in [0.717, 1.165) is 32.4 Å². The van der Waals surface area contributed by atoms with Crippen molar-refractivity contribution in [2.24, 2.45) is 5.92 Å². The lowest BCUT2D eigenvalue weighted by molar-refractivity contribution is -0.120. The highest BCUT2D eigenvalue weighted by Crippen LogP contribution is 2.19. The second kappa shape index (κ2) is 6.66. The van der Waals surface area contributed by atoms with Gasteiger partial charge >= 0.3 is 0 Å². The minimum atomic E-state index is 0.0146. The van der Waals surface area contributed by atoms with E-state index in [1.165, 1.54) is 0 Å². The molecule has 104 valence electrons. The Kier molecular flexibility index (Phi) is 4.91. The van der Waals surface area contributed by atoms with Crippen LogP contribution < -0.4 is 5.32 Å². The average Bonchev–Trinajstić information content (AvgIpc) is 2.86. The molecule has 0 bridgehead atoms. The Morgan fingerprint density at radius 3 is 3.05 bits per heavy atom. The molecule has 1 saturated heterocycles. The fraction of sp³-hybridized carbons (Fsp3) is 0.600. The van der Waals surface area contributed by atoms with Crippen molar-refractivity contribution in [2.75, 3.05) is 18.4 Å². The lowest BCUT2D eigenvalue weighted by Gasteiger charge is -2.24. The summed E-state index contributed by atoms with van der Waals surface area (Å²) < 4.78 is 0. The number of nitrogens with zero attached hydrogens (tertiary/aromatic N) is 2. The number of anilines is 1. The fourth-order valence-corrected chi connectivity index (χ4v) is 2.46. The molecule has 0 unspecified atom stereocenters. The van der Waals surface area contributed by atoms with Gasteiger partial charge in [0.1, 0.15) is 5.82 Å². The molecule has 1 aromatic heterocycles. The van der Waals surface area contributed by atoms with Crippen LogP contribution in [0.3, 0.4) is 0 Å². The van der Waals surface area contributed by atoms with Gasteiger partial charge in [-0.15, -0.1) is 0 Å². The number of rotatable bonds is 5. The summed E-state index contributed by atoms with van der Waals surface area (Å²) in [5.74, 6) is 1.41. The van der Waals surface area contributed by atoms with Gasteiger partial charge in [0.15, 0.2) is 0 Å². The molecule has 0 aromatic carbocycles. The van der Waals surface area contributed by atoms with Gasteiger partial charge in [0.05, 0.1) is 6.04 Å². The highest BCUT2D eigenvalue weighted by Gasteiger charge is 2.30. The smallest absolute Gasteiger partial charge is 0.242 e. The Balaban J connectivity index is 1.90. The molecule has 19 heavy (non-hydrogen) atoms. The van der Waals surface area contributed by atoms with Crippen LogP contribution in [0.5, 0.6) is 0 Å². The first-order chi connectivity index (χ1) is 9.16. The van der Waals surface area contributed by atoms with Crippen molar-refractivity contribution < 1.29 is 4.79 Å². The third-order valence-electron chi connectivity index (χ3n) is 3.58. The predicted octanol–water partition coefficient (Wildman–Crippen LogP) is 2.53. The first kappa shape index (κ1) is 14.0. The van der Waals surface area contributed by atoms with Crippen LogP contribution in [0, 0.1) is 5.92 Å². The van der Waals surface area contributed by atoms with E-state index in [1.54, 1.807) is 6.20 Å². The van der Waals surface area contributed by atoms with Crippen LogP contribution in [0.1, 0.15) is 33.1 Å². The predicted molar refractivity (Wildman–Crippen MR) is 76.9 cm³/mol. The van der Waals surface area contributed by atoms with Crippen molar-refractivity contribution in [1.82, 2.24) is 9.88 Å². The van der Waals surface area contributed by atoms with Crippen molar-refractivity contribution in [3.8, 4) is 0 Å². The monoisotopic (exact) mass is 261 g/mol. The summed E-state index contributed by atoms with van der Waals surface area (Å²) in [5.41, 5.74) is 0. The van der Waals surface area contributed by atoms with Gasteiger partial charge in [-0.1, -0.05) is 19.9 Å². The Morgan fingerprint density at radius 2 is 2.37 bits per heavy atom. The van der Waals surface area contributed by atoms with Gasteiger partial charge in [0, 0.05) is 6.20 Å². The lowest BCUT2D eigenvalue weighted by Crippen LogP contribution is -2.40. The summed E-state index contributed by atoms with van der Waals surface area (Å²) in [6, 6.07) is 5.57. The summed E-state index contributed by atoms with van der Waals surface area (Å²) >= 11 is 0. The van der Waals surface area contributed by atoms with E-state index in [1.807, 2.05) is 18.2 Å². The Labute approximate surface area is 115 Å². The van der Waals surface area contributed by atoms with Gasteiger partial charge in [-0.3, -0.25) is 9.69 Å². The first-order valence-corrected chi connectivity index (χ1v) is 7.13. The normalized spacial score (nSPS) is 19.8. The number of hydrogen-bond donors (Lipinski definition) is 1. The number of nitrogens with one attached hydrogen (secondary N) is 1. The topological polar surface area (TPSA) is 45.2 Å². The Morgan fingerprint density at radius 1 is 1.53 bits per heavy atom. The number of aromatic nitrogens is 1. The van der Waals surface area contributed by atoms with E-state index in [0.29, 0.717) is 11.7 Å². The second-order valence-electron chi connectivity index (χ2n) is 5.58. The summed E-state index contributed by atoms with van der Waals surface area (Å²) in [5, 5.41) is 2.91. The van der Waals surface area contributed by atoms with Crippen LogP contribution in [0.2, 0.25) is 0 Å². The highest BCUT2D eigenvalue weighted by atomic mass is 16.2. The van der Waals surface area contributed by atoms with Crippen LogP contribution in [-0.2, 0) is 4.79 Å². The quantitative estimate of drug-likeness (QED) is 0.886. The van der Waals surface area contributed by atoms with Crippen molar-refractivity contribution in [3.05, 3.63) is 24.4 Å². The summed E-state index contributed by atoms with van der Waals surface area (Å²) in [4.78, 5) is 18.7. The van der Waals surface area contributed by atoms with E-state index in [-0.39, 0.29) is 11.9 Å².